The number of methoxy groups -OCH3 is 1. The number of nitrogens with one attached hydrogen (secondary N) is 2. The predicted octanol–water partition coefficient (Wildman–Crippen LogP) is -0.408. The van der Waals surface area contributed by atoms with Crippen molar-refractivity contribution in [1.29, 1.82) is 0 Å². The van der Waals surface area contributed by atoms with Crippen LogP contribution in [0.4, 0.5) is 11.4 Å². The molecule has 4 amide bonds. The Bertz CT molecular complexity index is 1340. The molecule has 1 aliphatic rings. The number of aliphatic hydroxyl groups is 1. The Morgan fingerprint density at radius 3 is 2.44 bits per heavy atom. The van der Waals surface area contributed by atoms with E-state index in [0.29, 0.717) is 12.0 Å². The maximum absolute atomic E-state index is 13.8. The zero-order chi connectivity index (χ0) is 30.3. The van der Waals surface area contributed by atoms with Crippen molar-refractivity contribution in [1.82, 2.24) is 10.6 Å². The van der Waals surface area contributed by atoms with Gasteiger partial charge in [-0.1, -0.05) is 19.1 Å². The van der Waals surface area contributed by atoms with Crippen LogP contribution in [-0.2, 0) is 30.4 Å². The first-order chi connectivity index (χ1) is 19.5. The van der Waals surface area contributed by atoms with Crippen LogP contribution in [0.3, 0.4) is 0 Å². The molecule has 1 aliphatic heterocycles. The zero-order valence-electron chi connectivity index (χ0n) is 22.3. The average molecular weight is 571 g/mol. The van der Waals surface area contributed by atoms with Crippen molar-refractivity contribution in [2.75, 3.05) is 36.6 Å². The van der Waals surface area contributed by atoms with Gasteiger partial charge in [-0.2, -0.15) is 0 Å². The van der Waals surface area contributed by atoms with E-state index in [1.165, 1.54) is 31.4 Å². The molecule has 0 radical (unpaired) electrons. The Balaban J connectivity index is 2.00. The minimum Gasteiger partial charge on any atom is -0.504 e. The lowest BCUT2D eigenvalue weighted by Crippen LogP contribution is -2.55. The number of rotatable bonds is 11. The molecule has 3 rings (SSSR count). The van der Waals surface area contributed by atoms with Crippen LogP contribution in [0.15, 0.2) is 36.4 Å². The number of nitrogens with zero attached hydrogens (tertiary/aromatic N) is 2. The number of hydrogen-bond acceptors (Lipinski definition) is 9. The number of aliphatic carboxylic acids is 1. The number of fused-ring (bicyclic) bond motifs is 1. The van der Waals surface area contributed by atoms with E-state index in [-0.39, 0.29) is 34.7 Å². The standard InChI is InChI=1S/C27H30N4O10/c1-3-15-8-16(9-21(41-2)25(15)38)26(39)29-18-11-30(23(35)14-33)19-6-4-5-7-20(19)31(27(18)40)12-22(34)28-17(13-32)10-24(36)37/h4-9,13,17-18,33,38H,3,10-12,14H2,1-2H3,(H,28,34)(H,29,39)(H,36,37)/t17-,18-/m0/s1. The van der Waals surface area contributed by atoms with E-state index >= 15 is 0 Å². The third-order valence-electron chi connectivity index (χ3n) is 6.36. The second-order valence-electron chi connectivity index (χ2n) is 9.05. The molecule has 41 heavy (non-hydrogen) atoms. The Kier molecular flexibility index (Phi) is 9.98. The number of aromatic hydroxyl groups is 1. The summed E-state index contributed by atoms with van der Waals surface area (Å²) in [5.74, 6) is -4.61. The molecular weight excluding hydrogens is 540 g/mol. The minimum absolute atomic E-state index is 0.0376. The highest BCUT2D eigenvalue weighted by molar-refractivity contribution is 6.11. The van der Waals surface area contributed by atoms with Gasteiger partial charge in [-0.15, -0.1) is 0 Å². The molecule has 2 atom stereocenters. The van der Waals surface area contributed by atoms with E-state index in [4.69, 9.17) is 9.84 Å². The fraction of sp³-hybridized carbons (Fsp3) is 0.333. The molecule has 0 fully saturated rings. The maximum atomic E-state index is 13.8. The highest BCUT2D eigenvalue weighted by Gasteiger charge is 2.38. The zero-order valence-corrected chi connectivity index (χ0v) is 22.3. The summed E-state index contributed by atoms with van der Waals surface area (Å²) in [5, 5.41) is 33.7. The second kappa shape index (κ2) is 13.4. The number of carboxylic acids is 1. The van der Waals surface area contributed by atoms with E-state index in [9.17, 15) is 39.0 Å². The van der Waals surface area contributed by atoms with Gasteiger partial charge in [0.25, 0.3) is 17.7 Å². The molecule has 0 saturated carbocycles. The van der Waals surface area contributed by atoms with E-state index in [1.54, 1.807) is 19.1 Å². The average Bonchev–Trinajstić information content (AvgIpc) is 3.06. The molecule has 14 nitrogen and oxygen atoms in total. The van der Waals surface area contributed by atoms with Gasteiger partial charge >= 0.3 is 5.97 Å². The predicted molar refractivity (Wildman–Crippen MR) is 144 cm³/mol. The highest BCUT2D eigenvalue weighted by atomic mass is 16.5. The summed E-state index contributed by atoms with van der Waals surface area (Å²) in [4.78, 5) is 77.0. The van der Waals surface area contributed by atoms with Gasteiger partial charge in [0.2, 0.25) is 5.91 Å². The molecule has 0 aliphatic carbocycles. The highest BCUT2D eigenvalue weighted by Crippen LogP contribution is 2.34. The first kappa shape index (κ1) is 30.6. The Hall–Kier alpha value is -4.98. The van der Waals surface area contributed by atoms with Crippen LogP contribution < -0.4 is 25.2 Å². The quantitative estimate of drug-likeness (QED) is 0.221. The lowest BCUT2D eigenvalue weighted by atomic mass is 10.1. The molecule has 0 bridgehead atoms. The molecule has 0 spiro atoms. The SMILES string of the molecule is CCc1cc(C(=O)N[C@H]2CN(C(=O)CO)c3ccccc3N(CC(=O)N[C@H](C=O)CC(=O)O)C2=O)cc(OC)c1O. The van der Waals surface area contributed by atoms with Crippen LogP contribution in [-0.4, -0.2) is 90.1 Å². The summed E-state index contributed by atoms with van der Waals surface area (Å²) in [6.07, 6.45) is -0.0508. The van der Waals surface area contributed by atoms with Crippen molar-refractivity contribution < 1.29 is 48.8 Å². The summed E-state index contributed by atoms with van der Waals surface area (Å²) in [6.45, 7) is -0.227. The first-order valence-corrected chi connectivity index (χ1v) is 12.5. The Morgan fingerprint density at radius 1 is 1.17 bits per heavy atom. The van der Waals surface area contributed by atoms with Gasteiger partial charge in [0.05, 0.1) is 37.5 Å². The summed E-state index contributed by atoms with van der Waals surface area (Å²) >= 11 is 0. The number of carboxylic acid groups (broad SMARTS) is 1. The third kappa shape index (κ3) is 6.97. The third-order valence-corrected chi connectivity index (χ3v) is 6.36. The molecular formula is C27H30N4O10. The number of carbonyl (C=O) groups excluding carboxylic acids is 5. The maximum Gasteiger partial charge on any atom is 0.305 e. The van der Waals surface area contributed by atoms with Crippen molar-refractivity contribution in [2.24, 2.45) is 0 Å². The van der Waals surface area contributed by atoms with Crippen LogP contribution >= 0.6 is 0 Å². The number of aldehydes is 1. The minimum atomic E-state index is -1.41. The van der Waals surface area contributed by atoms with E-state index < -0.39 is 67.8 Å². The molecule has 0 unspecified atom stereocenters. The fourth-order valence-electron chi connectivity index (χ4n) is 4.36. The number of carbonyl (C=O) groups is 6. The number of para-hydroxylation sites is 2. The number of hydrogen-bond donors (Lipinski definition) is 5. The van der Waals surface area contributed by atoms with E-state index in [0.717, 1.165) is 9.80 Å². The molecule has 5 N–H and O–H groups in total. The van der Waals surface area contributed by atoms with Gasteiger partial charge in [-0.05, 0) is 36.2 Å². The van der Waals surface area contributed by atoms with Gasteiger partial charge in [0.1, 0.15) is 25.5 Å². The molecule has 0 aromatic heterocycles. The fourth-order valence-corrected chi connectivity index (χ4v) is 4.36. The normalized spacial score (nSPS) is 15.3. The topological polar surface area (TPSA) is 203 Å². The molecule has 218 valence electrons. The smallest absolute Gasteiger partial charge is 0.305 e. The Morgan fingerprint density at radius 2 is 1.85 bits per heavy atom. The van der Waals surface area contributed by atoms with E-state index in [1.807, 2.05) is 0 Å². The number of aliphatic hydroxyl groups excluding tert-OH is 1. The van der Waals surface area contributed by atoms with Gasteiger partial charge in [-0.3, -0.25) is 28.9 Å². The number of anilines is 2. The number of benzene rings is 2. The lowest BCUT2D eigenvalue weighted by molar-refractivity contribution is -0.139. The van der Waals surface area contributed by atoms with Crippen molar-refractivity contribution in [3.8, 4) is 11.5 Å². The van der Waals surface area contributed by atoms with E-state index in [2.05, 4.69) is 10.6 Å². The van der Waals surface area contributed by atoms with Crippen molar-refractivity contribution in [3.63, 3.8) is 0 Å². The van der Waals surface area contributed by atoms with Gasteiger partial charge in [0.15, 0.2) is 11.5 Å². The van der Waals surface area contributed by atoms with Crippen molar-refractivity contribution in [2.45, 2.75) is 31.8 Å². The van der Waals surface area contributed by atoms with Crippen LogP contribution in [0.25, 0.3) is 0 Å². The number of ether oxygens (including phenoxy) is 1. The van der Waals surface area contributed by atoms with Crippen molar-refractivity contribution >= 4 is 47.3 Å². The number of amides is 4. The molecule has 2 aromatic carbocycles. The monoisotopic (exact) mass is 570 g/mol. The van der Waals surface area contributed by atoms with Crippen LogP contribution in [0.5, 0.6) is 11.5 Å². The lowest BCUT2D eigenvalue weighted by Gasteiger charge is -2.25. The molecule has 1 heterocycles. The summed E-state index contributed by atoms with van der Waals surface area (Å²) in [7, 11) is 1.31. The van der Waals surface area contributed by atoms with Crippen molar-refractivity contribution in [3.05, 3.63) is 47.5 Å². The number of phenols is 1. The van der Waals surface area contributed by atoms with Gasteiger partial charge in [0, 0.05) is 5.56 Å². The second-order valence-corrected chi connectivity index (χ2v) is 9.05. The summed E-state index contributed by atoms with van der Waals surface area (Å²) < 4.78 is 5.15. The van der Waals surface area contributed by atoms with Gasteiger partial charge in [-0.25, -0.2) is 0 Å². The van der Waals surface area contributed by atoms with Crippen LogP contribution in [0, 0.1) is 0 Å². The van der Waals surface area contributed by atoms with Crippen LogP contribution in [0.2, 0.25) is 0 Å². The Labute approximate surface area is 234 Å². The summed E-state index contributed by atoms with van der Waals surface area (Å²) in [6, 6.07) is 6.00. The summed E-state index contributed by atoms with van der Waals surface area (Å²) in [5.41, 5.74) is 0.738. The van der Waals surface area contributed by atoms with Crippen LogP contribution in [0.1, 0.15) is 29.3 Å². The molecule has 2 aromatic rings. The number of aryl methyl sites for hydroxylation is 1. The molecule has 14 heteroatoms. The largest absolute Gasteiger partial charge is 0.504 e. The number of phenolic OH excluding ortho intramolecular Hbond substituents is 1. The molecule has 0 saturated heterocycles. The van der Waals surface area contributed by atoms with Gasteiger partial charge < -0.3 is 40.4 Å². The first-order valence-electron chi connectivity index (χ1n) is 12.5.